The van der Waals surface area contributed by atoms with Crippen LogP contribution in [0, 0.1) is 17.7 Å². The van der Waals surface area contributed by atoms with E-state index in [2.05, 4.69) is 47.7 Å². The molecule has 6 fully saturated rings. The van der Waals surface area contributed by atoms with Gasteiger partial charge in [0, 0.05) is 82.8 Å². The van der Waals surface area contributed by atoms with Crippen LogP contribution in [0.5, 0.6) is 0 Å². The summed E-state index contributed by atoms with van der Waals surface area (Å²) in [6, 6.07) is 20.0. The smallest absolute Gasteiger partial charge is 0.272 e. The van der Waals surface area contributed by atoms with Gasteiger partial charge in [-0.25, -0.2) is 9.49 Å². The number of piperazine rings is 2. The number of likely N-dealkylation sites (tertiary alicyclic amines) is 1. The van der Waals surface area contributed by atoms with Crippen LogP contribution in [0.2, 0.25) is 0 Å². The summed E-state index contributed by atoms with van der Waals surface area (Å²) < 4.78 is 21.6. The third-order valence-electron chi connectivity index (χ3n) is 16.1. The molecular weight excluding hydrogens is 862 g/mol. The summed E-state index contributed by atoms with van der Waals surface area (Å²) in [5.74, 6) is 0.552. The molecule has 1 aliphatic carbocycles. The molecule has 15 heteroatoms. The number of carbonyl (C=O) groups is 3. The highest BCUT2D eigenvalue weighted by Gasteiger charge is 2.59. The zero-order valence-corrected chi connectivity index (χ0v) is 39.4. The third kappa shape index (κ3) is 10.4. The molecule has 1 saturated carbocycles. The number of H-pyrrole nitrogens is 1. The largest absolute Gasteiger partial charge is 0.351 e. The van der Waals surface area contributed by atoms with E-state index in [1.54, 1.807) is 29.2 Å². The normalized spacial score (nSPS) is 24.2. The predicted molar refractivity (Wildman–Crippen MR) is 259 cm³/mol. The molecule has 2 unspecified atom stereocenters. The van der Waals surface area contributed by atoms with E-state index in [9.17, 15) is 19.2 Å². The van der Waals surface area contributed by atoms with E-state index < -0.39 is 17.4 Å². The number of amides is 3. The lowest BCUT2D eigenvalue weighted by Crippen LogP contribution is -2.62. The summed E-state index contributed by atoms with van der Waals surface area (Å²) in [4.78, 5) is 64.3. The van der Waals surface area contributed by atoms with Gasteiger partial charge in [0.2, 0.25) is 5.91 Å². The van der Waals surface area contributed by atoms with E-state index in [0.717, 1.165) is 103 Å². The quantitative estimate of drug-likeness (QED) is 0.159. The molecule has 362 valence electrons. The van der Waals surface area contributed by atoms with Crippen molar-refractivity contribution in [2.45, 2.75) is 81.9 Å². The van der Waals surface area contributed by atoms with Crippen LogP contribution in [0.3, 0.4) is 0 Å². The van der Waals surface area contributed by atoms with Crippen molar-refractivity contribution in [1.82, 2.24) is 45.3 Å². The number of carbonyl (C=O) groups excluding carboxylic acids is 3. The monoisotopic (exact) mass is 930 g/mol. The first-order valence-corrected chi connectivity index (χ1v) is 25.5. The fourth-order valence-electron chi connectivity index (χ4n) is 12.0. The Bertz CT molecular complexity index is 2480. The number of benzene rings is 3. The molecule has 1 aromatic heterocycles. The Balaban J connectivity index is 0.667. The van der Waals surface area contributed by atoms with Crippen LogP contribution in [-0.4, -0.2) is 162 Å². The molecule has 3 aromatic carbocycles. The summed E-state index contributed by atoms with van der Waals surface area (Å²) in [5, 5.41) is 15.1. The molecule has 3 N–H and O–H groups in total. The Hall–Kier alpha value is -5.06. The second-order valence-corrected chi connectivity index (χ2v) is 20.4. The van der Waals surface area contributed by atoms with Crippen molar-refractivity contribution >= 4 is 28.5 Å². The number of fused-ring (bicyclic) bond motifs is 1. The topological polar surface area (TPSA) is 150 Å². The van der Waals surface area contributed by atoms with E-state index >= 15 is 4.39 Å². The summed E-state index contributed by atoms with van der Waals surface area (Å²) in [7, 11) is 0. The van der Waals surface area contributed by atoms with Gasteiger partial charge in [-0.05, 0) is 117 Å². The molecule has 6 heterocycles. The highest BCUT2D eigenvalue weighted by atomic mass is 19.1. The Morgan fingerprint density at radius 2 is 1.54 bits per heavy atom. The van der Waals surface area contributed by atoms with Gasteiger partial charge >= 0.3 is 0 Å². The second kappa shape index (κ2) is 20.9. The number of ether oxygens (including phenoxy) is 1. The lowest BCUT2D eigenvalue weighted by molar-refractivity contribution is -0.134. The first-order valence-electron chi connectivity index (χ1n) is 25.5. The number of rotatable bonds is 13. The van der Waals surface area contributed by atoms with Gasteiger partial charge in [0.25, 0.3) is 17.4 Å². The summed E-state index contributed by atoms with van der Waals surface area (Å²) in [6.07, 6.45) is 10.7. The summed E-state index contributed by atoms with van der Waals surface area (Å²) in [5.41, 5.74) is 2.65. The van der Waals surface area contributed by atoms with Gasteiger partial charge in [-0.1, -0.05) is 55.7 Å². The van der Waals surface area contributed by atoms with Crippen LogP contribution in [0.4, 0.5) is 4.39 Å². The van der Waals surface area contributed by atoms with Crippen LogP contribution in [0.1, 0.15) is 101 Å². The number of aromatic nitrogens is 2. The van der Waals surface area contributed by atoms with Crippen molar-refractivity contribution in [3.63, 3.8) is 0 Å². The van der Waals surface area contributed by atoms with Gasteiger partial charge in [-0.2, -0.15) is 5.10 Å². The number of hydrogen-bond acceptors (Lipinski definition) is 10. The number of aromatic amines is 1. The number of hydrogen-bond donors (Lipinski definition) is 3. The maximum absolute atomic E-state index is 15.1. The predicted octanol–water partition coefficient (Wildman–Crippen LogP) is 4.84. The van der Waals surface area contributed by atoms with Crippen LogP contribution in [-0.2, 0) is 16.0 Å². The van der Waals surface area contributed by atoms with E-state index in [-0.39, 0.29) is 29.0 Å². The Kier molecular flexibility index (Phi) is 14.3. The lowest BCUT2D eigenvalue weighted by atomic mass is 9.80. The first-order chi connectivity index (χ1) is 33.2. The molecule has 5 aliphatic heterocycles. The number of nitrogens with zero attached hydrogens (tertiary/aromatic N) is 6. The van der Waals surface area contributed by atoms with Crippen molar-refractivity contribution in [3.8, 4) is 0 Å². The molecule has 68 heavy (non-hydrogen) atoms. The molecule has 5 saturated heterocycles. The minimum absolute atomic E-state index is 0.00426. The van der Waals surface area contributed by atoms with Gasteiger partial charge in [0.1, 0.15) is 5.82 Å². The zero-order chi connectivity index (χ0) is 46.6. The summed E-state index contributed by atoms with van der Waals surface area (Å²) in [6.45, 7) is 11.2. The lowest BCUT2D eigenvalue weighted by Gasteiger charge is -2.44. The number of epoxide rings is 1. The molecule has 6 aliphatic rings. The molecule has 4 aromatic rings. The third-order valence-corrected chi connectivity index (χ3v) is 16.1. The van der Waals surface area contributed by atoms with Crippen molar-refractivity contribution in [2.75, 3.05) is 98.2 Å². The Morgan fingerprint density at radius 1 is 0.794 bits per heavy atom. The molecular formula is C53H68FN9O5. The fourth-order valence-corrected chi connectivity index (χ4v) is 12.0. The number of piperidine rings is 2. The van der Waals surface area contributed by atoms with Crippen molar-refractivity contribution < 1.29 is 23.5 Å². The Labute approximate surface area is 398 Å². The van der Waals surface area contributed by atoms with Crippen LogP contribution >= 0.6 is 0 Å². The van der Waals surface area contributed by atoms with E-state index in [4.69, 9.17) is 4.74 Å². The molecule has 3 atom stereocenters. The molecule has 14 nitrogen and oxygen atoms in total. The number of halogens is 1. The average Bonchev–Trinajstić information content (AvgIpc) is 4.20. The standard InChI is InChI=1S/C53H68FN9O5/c54-46-16-15-38(31-47-43-13-4-5-14-44(43)51(66)58-57-47)30-45(46)52(67)62-26-24-61(25-27-62)48(64)35-59-20-17-37(18-21-59)34-60-22-28-63(29-23-60)53(36-68-53)49(39-8-2-1-3-9-39)56-50(65)41-11-6-10-40(32-41)42-12-7-19-55-33-42/h4-6,10-11,13-16,30,32,37,39,42,49,55H,1-3,7-9,12,17-29,31,33-36H2,(H,56,65)(H,58,66)/t42?,49-,53?/m1/s1. The summed E-state index contributed by atoms with van der Waals surface area (Å²) >= 11 is 0. The van der Waals surface area contributed by atoms with Gasteiger partial charge in [-0.3, -0.25) is 29.0 Å². The van der Waals surface area contributed by atoms with Gasteiger partial charge < -0.3 is 30.1 Å². The van der Waals surface area contributed by atoms with Crippen molar-refractivity contribution in [2.24, 2.45) is 11.8 Å². The zero-order valence-electron chi connectivity index (χ0n) is 39.4. The highest BCUT2D eigenvalue weighted by Crippen LogP contribution is 2.43. The second-order valence-electron chi connectivity index (χ2n) is 20.4. The SMILES string of the molecule is O=C(N[C@H](C1CCCCC1)C1(N2CCN(CC3CCN(CC(=O)N4CCN(C(=O)c5cc(Cc6n[nH]c(=O)c7ccccc67)ccc5F)CC4)CC3)CC2)CO1)c1cccc(C2CCCNC2)c1. The molecule has 10 rings (SSSR count). The highest BCUT2D eigenvalue weighted by molar-refractivity contribution is 5.95. The van der Waals surface area contributed by atoms with Crippen LogP contribution in [0.25, 0.3) is 10.8 Å². The van der Waals surface area contributed by atoms with E-state index in [0.29, 0.717) is 85.5 Å². The van der Waals surface area contributed by atoms with Gasteiger partial charge in [-0.15, -0.1) is 0 Å². The van der Waals surface area contributed by atoms with Gasteiger partial charge in [0.05, 0.1) is 35.8 Å². The molecule has 0 radical (unpaired) electrons. The fraction of sp³-hybridized carbons (Fsp3) is 0.566. The minimum atomic E-state index is -0.589. The maximum Gasteiger partial charge on any atom is 0.272 e. The Morgan fingerprint density at radius 3 is 2.28 bits per heavy atom. The van der Waals surface area contributed by atoms with Crippen molar-refractivity contribution in [3.05, 3.63) is 111 Å². The van der Waals surface area contributed by atoms with Crippen LogP contribution in [0.15, 0.2) is 71.5 Å². The van der Waals surface area contributed by atoms with E-state index in [1.807, 2.05) is 29.2 Å². The van der Waals surface area contributed by atoms with Crippen LogP contribution < -0.4 is 16.2 Å². The first kappa shape index (κ1) is 46.7. The molecule has 3 amide bonds. The molecule has 0 spiro atoms. The van der Waals surface area contributed by atoms with Crippen molar-refractivity contribution in [1.29, 1.82) is 0 Å². The van der Waals surface area contributed by atoms with Gasteiger partial charge in [0.15, 0.2) is 5.72 Å². The molecule has 0 bridgehead atoms. The maximum atomic E-state index is 15.1. The minimum Gasteiger partial charge on any atom is -0.351 e. The number of nitrogens with one attached hydrogen (secondary N) is 3. The average molecular weight is 930 g/mol. The van der Waals surface area contributed by atoms with E-state index in [1.165, 1.54) is 30.9 Å².